The van der Waals surface area contributed by atoms with Crippen molar-refractivity contribution in [2.75, 3.05) is 0 Å². The van der Waals surface area contributed by atoms with E-state index in [9.17, 15) is 9.59 Å². The molecular formula is C20H21BrClN3O2. The number of carbonyl (C=O) groups is 1. The Hall–Kier alpha value is -2.05. The van der Waals surface area contributed by atoms with Crippen molar-refractivity contribution in [2.45, 2.75) is 40.3 Å². The molecule has 0 radical (unpaired) electrons. The number of pyridine rings is 1. The van der Waals surface area contributed by atoms with Gasteiger partial charge in [-0.2, -0.15) is 0 Å². The van der Waals surface area contributed by atoms with E-state index in [0.29, 0.717) is 21.5 Å². The van der Waals surface area contributed by atoms with Gasteiger partial charge >= 0.3 is 0 Å². The van der Waals surface area contributed by atoms with Crippen LogP contribution >= 0.6 is 27.5 Å². The van der Waals surface area contributed by atoms with Crippen molar-refractivity contribution in [2.24, 2.45) is 0 Å². The Morgan fingerprint density at radius 1 is 1.30 bits per heavy atom. The number of rotatable bonds is 4. The van der Waals surface area contributed by atoms with Gasteiger partial charge in [-0.05, 0) is 51.5 Å². The molecule has 7 heteroatoms. The standard InChI is InChI=1S/C20H21BrClN3O2/c1-10(2)25-9-16(22)18-14(6-13(21)7-17(18)25)19(26)23-8-15-11(3)5-12(4)24-20(15)27/h5-7,9-10H,8H2,1-4H3,(H,23,26)(H,24,27). The van der Waals surface area contributed by atoms with Gasteiger partial charge in [0.1, 0.15) is 0 Å². The summed E-state index contributed by atoms with van der Waals surface area (Å²) in [5.74, 6) is -0.274. The first-order chi connectivity index (χ1) is 12.7. The average molecular weight is 451 g/mol. The Labute approximate surface area is 170 Å². The number of benzene rings is 1. The van der Waals surface area contributed by atoms with Crippen molar-refractivity contribution in [3.63, 3.8) is 0 Å². The number of halogens is 2. The molecule has 2 aromatic heterocycles. The summed E-state index contributed by atoms with van der Waals surface area (Å²) in [5.41, 5.74) is 3.37. The van der Waals surface area contributed by atoms with Crippen LogP contribution in [0.15, 0.2) is 33.7 Å². The second kappa shape index (κ2) is 7.52. The Morgan fingerprint density at radius 3 is 2.63 bits per heavy atom. The van der Waals surface area contributed by atoms with Crippen LogP contribution in [0.4, 0.5) is 0 Å². The number of aromatic nitrogens is 2. The highest BCUT2D eigenvalue weighted by atomic mass is 79.9. The summed E-state index contributed by atoms with van der Waals surface area (Å²) in [6.07, 6.45) is 1.84. The molecule has 0 spiro atoms. The third kappa shape index (κ3) is 3.82. The Kier molecular flexibility index (Phi) is 5.49. The van der Waals surface area contributed by atoms with Crippen molar-refractivity contribution < 1.29 is 4.79 Å². The largest absolute Gasteiger partial charge is 0.348 e. The molecule has 0 saturated heterocycles. The maximum absolute atomic E-state index is 12.9. The third-order valence-electron chi connectivity index (χ3n) is 4.57. The van der Waals surface area contributed by atoms with Gasteiger partial charge in [0.15, 0.2) is 0 Å². The van der Waals surface area contributed by atoms with Gasteiger partial charge < -0.3 is 14.9 Å². The van der Waals surface area contributed by atoms with E-state index in [1.165, 1.54) is 0 Å². The lowest BCUT2D eigenvalue weighted by Crippen LogP contribution is -2.28. The van der Waals surface area contributed by atoms with E-state index >= 15 is 0 Å². The number of H-pyrrole nitrogens is 1. The molecule has 2 heterocycles. The number of hydrogen-bond acceptors (Lipinski definition) is 2. The Balaban J connectivity index is 1.98. The first kappa shape index (κ1) is 19.7. The molecule has 0 aliphatic carbocycles. The minimum Gasteiger partial charge on any atom is -0.348 e. The van der Waals surface area contributed by atoms with Crippen LogP contribution in [-0.4, -0.2) is 15.5 Å². The molecule has 2 N–H and O–H groups in total. The molecule has 0 unspecified atom stereocenters. The molecule has 0 saturated carbocycles. The predicted molar refractivity (Wildman–Crippen MR) is 113 cm³/mol. The highest BCUT2D eigenvalue weighted by molar-refractivity contribution is 9.10. The van der Waals surface area contributed by atoms with E-state index in [0.717, 1.165) is 21.2 Å². The average Bonchev–Trinajstić information content (AvgIpc) is 2.89. The molecule has 0 fully saturated rings. The first-order valence-corrected chi connectivity index (χ1v) is 9.83. The molecule has 0 bridgehead atoms. The van der Waals surface area contributed by atoms with Crippen LogP contribution in [0.1, 0.15) is 47.1 Å². The lowest BCUT2D eigenvalue weighted by Gasteiger charge is -2.12. The molecule has 3 aromatic rings. The number of nitrogens with one attached hydrogen (secondary N) is 2. The smallest absolute Gasteiger partial charge is 0.253 e. The van der Waals surface area contributed by atoms with Crippen molar-refractivity contribution in [1.29, 1.82) is 0 Å². The third-order valence-corrected chi connectivity index (χ3v) is 5.32. The normalized spacial score (nSPS) is 11.4. The summed E-state index contributed by atoms with van der Waals surface area (Å²) in [6, 6.07) is 5.80. The zero-order valence-corrected chi connectivity index (χ0v) is 18.0. The molecule has 1 amide bonds. The highest BCUT2D eigenvalue weighted by Crippen LogP contribution is 2.34. The molecular weight excluding hydrogens is 430 g/mol. The van der Waals surface area contributed by atoms with Gasteiger partial charge in [0, 0.05) is 39.9 Å². The van der Waals surface area contributed by atoms with E-state index in [1.807, 2.05) is 36.7 Å². The van der Waals surface area contributed by atoms with Crippen molar-refractivity contribution >= 4 is 44.3 Å². The summed E-state index contributed by atoms with van der Waals surface area (Å²) >= 11 is 9.92. The maximum Gasteiger partial charge on any atom is 0.253 e. The predicted octanol–water partition coefficient (Wildman–Crippen LogP) is 4.87. The summed E-state index contributed by atoms with van der Waals surface area (Å²) in [5, 5.41) is 4.09. The molecule has 0 aliphatic rings. The molecule has 0 aliphatic heterocycles. The van der Waals surface area contributed by atoms with E-state index in [1.54, 1.807) is 6.07 Å². The number of aryl methyl sites for hydroxylation is 2. The van der Waals surface area contributed by atoms with Gasteiger partial charge in [0.2, 0.25) is 0 Å². The number of carbonyl (C=O) groups excluding carboxylic acids is 1. The van der Waals surface area contributed by atoms with Crippen LogP contribution in [0, 0.1) is 13.8 Å². The number of aromatic amines is 1. The van der Waals surface area contributed by atoms with Crippen molar-refractivity contribution in [3.8, 4) is 0 Å². The van der Waals surface area contributed by atoms with E-state index in [4.69, 9.17) is 11.6 Å². The fraction of sp³-hybridized carbons (Fsp3) is 0.300. The molecule has 5 nitrogen and oxygen atoms in total. The van der Waals surface area contributed by atoms with E-state index in [2.05, 4.69) is 40.1 Å². The quantitative estimate of drug-likeness (QED) is 0.595. The fourth-order valence-electron chi connectivity index (χ4n) is 3.27. The maximum atomic E-state index is 12.9. The molecule has 3 rings (SSSR count). The number of fused-ring (bicyclic) bond motifs is 1. The van der Waals surface area contributed by atoms with Crippen LogP contribution in [0.5, 0.6) is 0 Å². The summed E-state index contributed by atoms with van der Waals surface area (Å²) in [6.45, 7) is 7.96. The number of amides is 1. The minimum absolute atomic E-state index is 0.150. The molecule has 27 heavy (non-hydrogen) atoms. The molecule has 142 valence electrons. The SMILES string of the molecule is Cc1cc(C)c(CNC(=O)c2cc(Br)cc3c2c(Cl)cn3C(C)C)c(=O)[nH]1. The second-order valence-corrected chi connectivity index (χ2v) is 8.27. The van der Waals surface area contributed by atoms with Gasteiger partial charge in [0.05, 0.1) is 16.1 Å². The van der Waals surface area contributed by atoms with E-state index in [-0.39, 0.29) is 24.1 Å². The zero-order valence-electron chi connectivity index (χ0n) is 15.6. The van der Waals surface area contributed by atoms with Crippen LogP contribution in [0.2, 0.25) is 5.02 Å². The summed E-state index contributed by atoms with van der Waals surface area (Å²) < 4.78 is 2.83. The minimum atomic E-state index is -0.274. The van der Waals surface area contributed by atoms with E-state index < -0.39 is 0 Å². The summed E-state index contributed by atoms with van der Waals surface area (Å²) in [7, 11) is 0. The lowest BCUT2D eigenvalue weighted by molar-refractivity contribution is 0.0952. The summed E-state index contributed by atoms with van der Waals surface area (Å²) in [4.78, 5) is 27.8. The topological polar surface area (TPSA) is 66.9 Å². The van der Waals surface area contributed by atoms with Crippen LogP contribution < -0.4 is 10.9 Å². The second-order valence-electron chi connectivity index (χ2n) is 6.95. The van der Waals surface area contributed by atoms with Crippen molar-refractivity contribution in [1.82, 2.24) is 14.9 Å². The van der Waals surface area contributed by atoms with Gasteiger partial charge in [0.25, 0.3) is 11.5 Å². The number of nitrogens with zero attached hydrogens (tertiary/aromatic N) is 1. The Morgan fingerprint density at radius 2 is 2.00 bits per heavy atom. The Bertz CT molecular complexity index is 1100. The zero-order chi connectivity index (χ0) is 19.9. The van der Waals surface area contributed by atoms with Crippen LogP contribution in [-0.2, 0) is 6.54 Å². The molecule has 0 atom stereocenters. The lowest BCUT2D eigenvalue weighted by atomic mass is 10.1. The first-order valence-electron chi connectivity index (χ1n) is 8.66. The van der Waals surface area contributed by atoms with Crippen LogP contribution in [0.25, 0.3) is 10.9 Å². The van der Waals surface area contributed by atoms with Gasteiger partial charge in [-0.1, -0.05) is 27.5 Å². The molecule has 1 aromatic carbocycles. The van der Waals surface area contributed by atoms with Crippen LogP contribution in [0.3, 0.4) is 0 Å². The van der Waals surface area contributed by atoms with Gasteiger partial charge in [-0.3, -0.25) is 9.59 Å². The fourth-order valence-corrected chi connectivity index (χ4v) is 4.02. The monoisotopic (exact) mass is 449 g/mol. The number of hydrogen-bond donors (Lipinski definition) is 2. The van der Waals surface area contributed by atoms with Crippen molar-refractivity contribution in [3.05, 3.63) is 66.6 Å². The van der Waals surface area contributed by atoms with Gasteiger partial charge in [-0.15, -0.1) is 0 Å². The highest BCUT2D eigenvalue weighted by Gasteiger charge is 2.19. The van der Waals surface area contributed by atoms with Gasteiger partial charge in [-0.25, -0.2) is 0 Å².